The lowest BCUT2D eigenvalue weighted by molar-refractivity contribution is -0.115. The molecule has 4 amide bonds. The molecule has 5 rings (SSSR count). The Balaban J connectivity index is 1.40. The average Bonchev–Trinajstić information content (AvgIpc) is 3.10. The largest absolute Gasteiger partial charge is 0.339 e. The third kappa shape index (κ3) is 5.94. The lowest BCUT2D eigenvalue weighted by atomic mass is 10.2. The number of amides is 4. The van der Waals surface area contributed by atoms with Gasteiger partial charge in [0, 0.05) is 50.7 Å². The van der Waals surface area contributed by atoms with Crippen molar-refractivity contribution in [2.75, 3.05) is 48.3 Å². The van der Waals surface area contributed by atoms with Crippen molar-refractivity contribution < 1.29 is 14.4 Å². The number of rotatable bonds is 5. The molecular formula is C27H27N7O3S. The topological polar surface area (TPSA) is 111 Å². The SMILES string of the molecule is CN(c1ccccc1)c1cc(/C=C2\SC(=O)NC2=O)nc(N2CCCN(C(=O)Nc3ccccc3)CC2)n1. The fourth-order valence-corrected chi connectivity index (χ4v) is 4.88. The zero-order chi connectivity index (χ0) is 26.5. The first-order valence-electron chi connectivity index (χ1n) is 12.2. The summed E-state index contributed by atoms with van der Waals surface area (Å²) in [5, 5.41) is 4.82. The van der Waals surface area contributed by atoms with Gasteiger partial charge in [-0.05, 0) is 48.5 Å². The number of benzene rings is 2. The monoisotopic (exact) mass is 529 g/mol. The number of imide groups is 1. The van der Waals surface area contributed by atoms with E-state index in [1.54, 1.807) is 17.0 Å². The normalized spacial score (nSPS) is 16.8. The molecule has 2 saturated heterocycles. The highest BCUT2D eigenvalue weighted by atomic mass is 32.2. The van der Waals surface area contributed by atoms with Crippen molar-refractivity contribution in [2.24, 2.45) is 0 Å². The van der Waals surface area contributed by atoms with E-state index in [9.17, 15) is 14.4 Å². The summed E-state index contributed by atoms with van der Waals surface area (Å²) in [5.41, 5.74) is 2.21. The van der Waals surface area contributed by atoms with E-state index in [4.69, 9.17) is 9.97 Å². The Morgan fingerprint density at radius 2 is 1.74 bits per heavy atom. The maximum Gasteiger partial charge on any atom is 0.321 e. The summed E-state index contributed by atoms with van der Waals surface area (Å²) in [6.45, 7) is 2.32. The number of nitrogens with one attached hydrogen (secondary N) is 2. The van der Waals surface area contributed by atoms with Gasteiger partial charge in [-0.3, -0.25) is 14.9 Å². The number of urea groups is 1. The molecule has 11 heteroatoms. The third-order valence-electron chi connectivity index (χ3n) is 6.22. The summed E-state index contributed by atoms with van der Waals surface area (Å²) < 4.78 is 0. The lowest BCUT2D eigenvalue weighted by Gasteiger charge is -2.25. The van der Waals surface area contributed by atoms with Gasteiger partial charge in [0.2, 0.25) is 5.95 Å². The Kier molecular flexibility index (Phi) is 7.55. The molecule has 38 heavy (non-hydrogen) atoms. The van der Waals surface area contributed by atoms with Crippen molar-refractivity contribution in [3.8, 4) is 0 Å². The molecule has 0 unspecified atom stereocenters. The Morgan fingerprint density at radius 3 is 2.45 bits per heavy atom. The van der Waals surface area contributed by atoms with Crippen LogP contribution in [0.5, 0.6) is 0 Å². The maximum atomic E-state index is 12.9. The van der Waals surface area contributed by atoms with Crippen LogP contribution in [-0.4, -0.2) is 65.3 Å². The lowest BCUT2D eigenvalue weighted by Crippen LogP contribution is -2.38. The Morgan fingerprint density at radius 1 is 1.00 bits per heavy atom. The quantitative estimate of drug-likeness (QED) is 0.471. The summed E-state index contributed by atoms with van der Waals surface area (Å²) in [6, 6.07) is 20.8. The van der Waals surface area contributed by atoms with Crippen LogP contribution in [0.1, 0.15) is 12.1 Å². The van der Waals surface area contributed by atoms with Crippen LogP contribution in [0, 0.1) is 0 Å². The Labute approximate surface area is 224 Å². The van der Waals surface area contributed by atoms with Gasteiger partial charge in [-0.1, -0.05) is 36.4 Å². The number of anilines is 4. The predicted molar refractivity (Wildman–Crippen MR) is 150 cm³/mol. The number of hydrogen-bond acceptors (Lipinski definition) is 8. The van der Waals surface area contributed by atoms with Gasteiger partial charge in [-0.25, -0.2) is 9.78 Å². The molecule has 194 valence electrons. The molecule has 0 radical (unpaired) electrons. The van der Waals surface area contributed by atoms with Crippen molar-refractivity contribution in [1.29, 1.82) is 0 Å². The van der Waals surface area contributed by atoms with Gasteiger partial charge in [0.05, 0.1) is 10.6 Å². The third-order valence-corrected chi connectivity index (χ3v) is 7.03. The standard InChI is InChI=1S/C27H27N7O3S/c1-32(21-11-6-3-7-12-21)23-18-20(17-22-24(35)31-27(37)38-22)28-25(30-23)33-13-8-14-34(16-15-33)26(36)29-19-9-4-2-5-10-19/h2-7,9-12,17-18H,8,13-16H2,1H3,(H,29,36)(H,31,35,37)/b22-17-. The van der Waals surface area contributed by atoms with E-state index in [1.165, 1.54) is 0 Å². The average molecular weight is 530 g/mol. The number of para-hydroxylation sites is 2. The number of hydrogen-bond donors (Lipinski definition) is 2. The molecule has 2 aliphatic heterocycles. The minimum Gasteiger partial charge on any atom is -0.339 e. The second-order valence-electron chi connectivity index (χ2n) is 8.82. The fourth-order valence-electron chi connectivity index (χ4n) is 4.21. The van der Waals surface area contributed by atoms with E-state index < -0.39 is 11.1 Å². The van der Waals surface area contributed by atoms with Gasteiger partial charge in [0.15, 0.2) is 0 Å². The molecule has 0 spiro atoms. The molecule has 1 aromatic heterocycles. The van der Waals surface area contributed by atoms with Crippen LogP contribution < -0.4 is 20.4 Å². The number of thioether (sulfide) groups is 1. The second kappa shape index (κ2) is 11.3. The summed E-state index contributed by atoms with van der Waals surface area (Å²) in [6.07, 6.45) is 2.35. The van der Waals surface area contributed by atoms with Crippen LogP contribution in [0.3, 0.4) is 0 Å². The number of aromatic nitrogens is 2. The minimum absolute atomic E-state index is 0.143. The molecule has 2 aliphatic rings. The molecule has 0 aliphatic carbocycles. The molecule has 0 saturated carbocycles. The molecule has 0 atom stereocenters. The van der Waals surface area contributed by atoms with Crippen LogP contribution in [0.2, 0.25) is 0 Å². The van der Waals surface area contributed by atoms with Crippen LogP contribution >= 0.6 is 11.8 Å². The smallest absolute Gasteiger partial charge is 0.321 e. The van der Waals surface area contributed by atoms with Gasteiger partial charge in [0.25, 0.3) is 11.1 Å². The van der Waals surface area contributed by atoms with E-state index in [0.717, 1.165) is 29.6 Å². The first kappa shape index (κ1) is 25.3. The number of carbonyl (C=O) groups excluding carboxylic acids is 3. The summed E-state index contributed by atoms with van der Waals surface area (Å²) >= 11 is 0.851. The van der Waals surface area contributed by atoms with Crippen molar-refractivity contribution in [3.63, 3.8) is 0 Å². The molecule has 2 fully saturated rings. The molecule has 2 N–H and O–H groups in total. The number of nitrogens with zero attached hydrogens (tertiary/aromatic N) is 5. The summed E-state index contributed by atoms with van der Waals surface area (Å²) in [4.78, 5) is 52.3. The van der Waals surface area contributed by atoms with E-state index in [2.05, 4.69) is 10.6 Å². The molecule has 3 heterocycles. The highest BCUT2D eigenvalue weighted by Crippen LogP contribution is 2.29. The van der Waals surface area contributed by atoms with Crippen LogP contribution in [-0.2, 0) is 4.79 Å². The van der Waals surface area contributed by atoms with E-state index in [-0.39, 0.29) is 10.9 Å². The summed E-state index contributed by atoms with van der Waals surface area (Å²) in [5.74, 6) is 0.704. The van der Waals surface area contributed by atoms with Gasteiger partial charge >= 0.3 is 6.03 Å². The van der Waals surface area contributed by atoms with E-state index >= 15 is 0 Å². The predicted octanol–water partition coefficient (Wildman–Crippen LogP) is 4.31. The second-order valence-corrected chi connectivity index (χ2v) is 9.84. The minimum atomic E-state index is -0.437. The van der Waals surface area contributed by atoms with Gasteiger partial charge in [-0.15, -0.1) is 0 Å². The van der Waals surface area contributed by atoms with Crippen molar-refractivity contribution in [2.45, 2.75) is 6.42 Å². The maximum absolute atomic E-state index is 12.9. The van der Waals surface area contributed by atoms with Crippen LogP contribution in [0.15, 0.2) is 71.6 Å². The molecule has 2 aromatic carbocycles. The zero-order valence-corrected chi connectivity index (χ0v) is 21.6. The zero-order valence-electron chi connectivity index (χ0n) is 20.8. The fraction of sp³-hybridized carbons (Fsp3) is 0.222. The van der Waals surface area contributed by atoms with Crippen molar-refractivity contribution in [1.82, 2.24) is 20.2 Å². The number of carbonyl (C=O) groups is 3. The van der Waals surface area contributed by atoms with E-state index in [0.29, 0.717) is 43.6 Å². The molecule has 3 aromatic rings. The summed E-state index contributed by atoms with van der Waals surface area (Å²) in [7, 11) is 1.91. The van der Waals surface area contributed by atoms with Gasteiger partial charge in [-0.2, -0.15) is 4.98 Å². The Bertz CT molecular complexity index is 1370. The highest BCUT2D eigenvalue weighted by Gasteiger charge is 2.26. The molecular weight excluding hydrogens is 502 g/mol. The first-order valence-corrected chi connectivity index (χ1v) is 13.1. The van der Waals surface area contributed by atoms with E-state index in [1.807, 2.05) is 77.5 Å². The van der Waals surface area contributed by atoms with Crippen LogP contribution in [0.25, 0.3) is 6.08 Å². The molecule has 0 bridgehead atoms. The van der Waals surface area contributed by atoms with Gasteiger partial charge in [0.1, 0.15) is 5.82 Å². The highest BCUT2D eigenvalue weighted by molar-refractivity contribution is 8.18. The van der Waals surface area contributed by atoms with Crippen molar-refractivity contribution >= 4 is 58.2 Å². The molecule has 10 nitrogen and oxygen atoms in total. The van der Waals surface area contributed by atoms with Crippen molar-refractivity contribution in [3.05, 3.63) is 77.3 Å². The van der Waals surface area contributed by atoms with Gasteiger partial charge < -0.3 is 20.0 Å². The van der Waals surface area contributed by atoms with Crippen LogP contribution in [0.4, 0.5) is 32.7 Å². The first-order chi connectivity index (χ1) is 18.5. The Hall–Kier alpha value is -4.38.